The Morgan fingerprint density at radius 1 is 1.33 bits per heavy atom. The molecule has 0 saturated heterocycles. The van der Waals surface area contributed by atoms with Crippen LogP contribution in [0.25, 0.3) is 11.0 Å². The van der Waals surface area contributed by atoms with Gasteiger partial charge in [0.1, 0.15) is 6.20 Å². The number of rotatable bonds is 0. The van der Waals surface area contributed by atoms with E-state index in [0.29, 0.717) is 15.5 Å². The lowest BCUT2D eigenvalue weighted by molar-refractivity contribution is -0.469. The van der Waals surface area contributed by atoms with E-state index in [9.17, 15) is 4.91 Å². The minimum absolute atomic E-state index is 0.322. The van der Waals surface area contributed by atoms with E-state index < -0.39 is 0 Å². The molecule has 0 aliphatic rings. The van der Waals surface area contributed by atoms with Crippen molar-refractivity contribution in [2.45, 2.75) is 0 Å². The molecule has 5 heteroatoms. The van der Waals surface area contributed by atoms with E-state index in [-0.39, 0.29) is 0 Å². The van der Waals surface area contributed by atoms with Crippen LogP contribution < -0.4 is 4.43 Å². The molecule has 58 valence electrons. The number of hydrogen-bond donors (Lipinski definition) is 0. The zero-order valence-corrected chi connectivity index (χ0v) is 6.08. The highest BCUT2D eigenvalue weighted by molar-refractivity contribution is 5.69. The van der Waals surface area contributed by atoms with Gasteiger partial charge in [-0.15, -0.1) is 4.98 Å². The first-order chi connectivity index (χ1) is 5.88. The third-order valence-corrected chi connectivity index (χ3v) is 1.45. The molecule has 0 amide bonds. The molecule has 0 fully saturated rings. The predicted octanol–water partition coefficient (Wildman–Crippen LogP) is -0.0607. The minimum atomic E-state index is 0.322. The van der Waals surface area contributed by atoms with Gasteiger partial charge in [0, 0.05) is 9.53 Å². The van der Waals surface area contributed by atoms with Gasteiger partial charge in [-0.3, -0.25) is 0 Å². The molecule has 2 aromatic rings. The van der Waals surface area contributed by atoms with Crippen LogP contribution in [0.15, 0.2) is 30.9 Å². The zero-order valence-electron chi connectivity index (χ0n) is 6.08. The van der Waals surface area contributed by atoms with Crippen LogP contribution in [-0.4, -0.2) is 15.2 Å². The second-order valence-corrected chi connectivity index (χ2v) is 2.22. The third-order valence-electron chi connectivity index (χ3n) is 1.45. The molecule has 0 N–H and O–H groups in total. The Morgan fingerprint density at radius 2 is 2.25 bits per heavy atom. The molecule has 0 saturated carbocycles. The molecular formula is C7H5N4O+. The molecule has 0 bridgehead atoms. The molecule has 0 aliphatic carbocycles. The van der Waals surface area contributed by atoms with Crippen LogP contribution in [0.5, 0.6) is 0 Å². The summed E-state index contributed by atoms with van der Waals surface area (Å²) in [7, 11) is 0. The average molecular weight is 161 g/mol. The number of aromatic nitrogens is 4. The van der Waals surface area contributed by atoms with E-state index in [1.807, 2.05) is 0 Å². The first-order valence-corrected chi connectivity index (χ1v) is 3.36. The second kappa shape index (κ2) is 2.61. The van der Waals surface area contributed by atoms with Crippen molar-refractivity contribution in [3.63, 3.8) is 0 Å². The van der Waals surface area contributed by atoms with Crippen LogP contribution in [0, 0.1) is 4.91 Å². The molecule has 0 unspecified atom stereocenters. The highest BCUT2D eigenvalue weighted by Gasteiger charge is 2.01. The maximum absolute atomic E-state index is 11.1. The van der Waals surface area contributed by atoms with Crippen molar-refractivity contribution >= 4 is 11.0 Å². The quantitative estimate of drug-likeness (QED) is 0.508. The van der Waals surface area contributed by atoms with Gasteiger partial charge in [0.15, 0.2) is 0 Å². The molecular weight excluding hydrogens is 156 g/mol. The highest BCUT2D eigenvalue weighted by atomic mass is 16.3. The number of nitrogens with zero attached hydrogens (tertiary/aromatic N) is 4. The molecule has 0 radical (unpaired) electrons. The van der Waals surface area contributed by atoms with E-state index in [4.69, 9.17) is 0 Å². The summed E-state index contributed by atoms with van der Waals surface area (Å²) in [6.45, 7) is 0. The van der Waals surface area contributed by atoms with Crippen LogP contribution in [-0.2, 0) is 0 Å². The molecule has 0 spiro atoms. The molecule has 2 heterocycles. The first kappa shape index (κ1) is 6.78. The fourth-order valence-electron chi connectivity index (χ4n) is 0.921. The SMILES string of the molecule is O=[n+]1cnncc2cccnc21. The van der Waals surface area contributed by atoms with Gasteiger partial charge in [-0.25, -0.2) is 0 Å². The van der Waals surface area contributed by atoms with Gasteiger partial charge in [0.25, 0.3) is 6.33 Å². The first-order valence-electron chi connectivity index (χ1n) is 3.36. The lowest BCUT2D eigenvalue weighted by atomic mass is 10.4. The molecule has 0 aromatic carbocycles. The maximum atomic E-state index is 11.1. The Kier molecular flexibility index (Phi) is 1.48. The van der Waals surface area contributed by atoms with Gasteiger partial charge in [-0.05, 0) is 12.1 Å². The van der Waals surface area contributed by atoms with Crippen LogP contribution >= 0.6 is 0 Å². The molecule has 0 atom stereocenters. The summed E-state index contributed by atoms with van der Waals surface area (Å²) in [6.07, 6.45) is 4.13. The summed E-state index contributed by atoms with van der Waals surface area (Å²) >= 11 is 0. The van der Waals surface area contributed by atoms with E-state index in [1.54, 1.807) is 18.3 Å². The van der Waals surface area contributed by atoms with Crippen molar-refractivity contribution < 1.29 is 4.43 Å². The van der Waals surface area contributed by atoms with Gasteiger partial charge in [-0.2, -0.15) is 0 Å². The summed E-state index contributed by atoms with van der Waals surface area (Å²) in [4.78, 5) is 15.0. The lowest BCUT2D eigenvalue weighted by Crippen LogP contribution is -2.13. The molecule has 12 heavy (non-hydrogen) atoms. The normalized spacial score (nSPS) is 10.0. The van der Waals surface area contributed by atoms with Crippen molar-refractivity contribution in [3.05, 3.63) is 35.8 Å². The van der Waals surface area contributed by atoms with Crippen LogP contribution in [0.1, 0.15) is 0 Å². The summed E-state index contributed by atoms with van der Waals surface area (Å²) < 4.78 is 0.586. The van der Waals surface area contributed by atoms with Crippen LogP contribution in [0.2, 0.25) is 0 Å². The summed E-state index contributed by atoms with van der Waals surface area (Å²) in [5.74, 6) is 0. The smallest absolute Gasteiger partial charge is 0.108 e. The molecule has 0 aliphatic heterocycles. The van der Waals surface area contributed by atoms with Gasteiger partial charge >= 0.3 is 5.65 Å². The topological polar surface area (TPSA) is 61.6 Å². The minimum Gasteiger partial charge on any atom is -0.108 e. The standard InChI is InChI=1S/C7H5N4O/c12-11-5-10-9-4-6-2-1-3-8-7(6)11/h1-5H/q+1. The van der Waals surface area contributed by atoms with Crippen molar-refractivity contribution in [2.75, 3.05) is 0 Å². The Hall–Kier alpha value is -1.91. The summed E-state index contributed by atoms with van der Waals surface area (Å²) in [5.41, 5.74) is 0.322. The van der Waals surface area contributed by atoms with E-state index in [1.165, 1.54) is 6.20 Å². The molecule has 2 rings (SSSR count). The van der Waals surface area contributed by atoms with Gasteiger partial charge in [-0.1, -0.05) is 10.0 Å². The average Bonchev–Trinajstić information content (AvgIpc) is 2.29. The van der Waals surface area contributed by atoms with Crippen LogP contribution in [0.3, 0.4) is 0 Å². The Bertz CT molecular complexity index is 470. The van der Waals surface area contributed by atoms with Crippen LogP contribution in [0.4, 0.5) is 0 Å². The van der Waals surface area contributed by atoms with E-state index >= 15 is 0 Å². The van der Waals surface area contributed by atoms with Crippen molar-refractivity contribution in [1.82, 2.24) is 15.2 Å². The van der Waals surface area contributed by atoms with Gasteiger partial charge < -0.3 is 0 Å². The molecule has 5 nitrogen and oxygen atoms in total. The number of hydrogen-bond acceptors (Lipinski definition) is 4. The highest BCUT2D eigenvalue weighted by Crippen LogP contribution is 1.99. The fourth-order valence-corrected chi connectivity index (χ4v) is 0.921. The molecule has 2 aromatic heterocycles. The number of pyridine rings is 1. The largest absolute Gasteiger partial charge is 0.314 e. The predicted molar refractivity (Wildman–Crippen MR) is 40.7 cm³/mol. The fraction of sp³-hybridized carbons (Fsp3) is 0. The summed E-state index contributed by atoms with van der Waals surface area (Å²) in [6, 6.07) is 3.50. The summed E-state index contributed by atoms with van der Waals surface area (Å²) in [5, 5.41) is 7.78. The Morgan fingerprint density at radius 3 is 3.17 bits per heavy atom. The second-order valence-electron chi connectivity index (χ2n) is 2.22. The monoisotopic (exact) mass is 161 g/mol. The Balaban J connectivity index is 3.06. The van der Waals surface area contributed by atoms with Crippen molar-refractivity contribution in [3.8, 4) is 0 Å². The Labute approximate surface area is 67.3 Å². The van der Waals surface area contributed by atoms with Gasteiger partial charge in [0.05, 0.1) is 11.6 Å². The third kappa shape index (κ3) is 1.01. The number of fused-ring (bicyclic) bond motifs is 1. The zero-order chi connectivity index (χ0) is 8.39. The van der Waals surface area contributed by atoms with Crippen molar-refractivity contribution in [2.24, 2.45) is 0 Å². The van der Waals surface area contributed by atoms with E-state index in [2.05, 4.69) is 15.2 Å². The van der Waals surface area contributed by atoms with Crippen molar-refractivity contribution in [1.29, 1.82) is 0 Å². The lowest BCUT2D eigenvalue weighted by Gasteiger charge is -1.78. The van der Waals surface area contributed by atoms with E-state index in [0.717, 1.165) is 6.33 Å². The maximum Gasteiger partial charge on any atom is 0.314 e. The van der Waals surface area contributed by atoms with Gasteiger partial charge in [0.2, 0.25) is 0 Å².